The van der Waals surface area contributed by atoms with E-state index < -0.39 is 24.3 Å². The first-order valence-electron chi connectivity index (χ1n) is 6.95. The Bertz CT molecular complexity index is 927. The summed E-state index contributed by atoms with van der Waals surface area (Å²) in [4.78, 5) is 17.8. The molecule has 0 aliphatic heterocycles. The standard InChI is InChI=1S/C15H10ClF3N4O2/c16-10-3-1-2-4-11(10)20-14(24)8-25-23-13-7-9(15(17,18)19)5-6-12(13)21-22-23/h1-7H,8H2,(H,20,24). The summed E-state index contributed by atoms with van der Waals surface area (Å²) in [5.74, 6) is -0.552. The Morgan fingerprint density at radius 3 is 2.72 bits per heavy atom. The average molecular weight is 371 g/mol. The third-order valence-electron chi connectivity index (χ3n) is 3.21. The van der Waals surface area contributed by atoms with Gasteiger partial charge in [0.05, 0.1) is 16.3 Å². The Hall–Kier alpha value is -2.81. The monoisotopic (exact) mass is 370 g/mol. The van der Waals surface area contributed by atoms with Crippen LogP contribution >= 0.6 is 11.6 Å². The van der Waals surface area contributed by atoms with Crippen molar-refractivity contribution < 1.29 is 22.8 Å². The zero-order chi connectivity index (χ0) is 18.0. The van der Waals surface area contributed by atoms with Gasteiger partial charge in [0.15, 0.2) is 6.61 Å². The van der Waals surface area contributed by atoms with Crippen LogP contribution in [0.4, 0.5) is 18.9 Å². The predicted octanol–water partition coefficient (Wildman–Crippen LogP) is 3.17. The molecule has 1 N–H and O–H groups in total. The number of rotatable bonds is 4. The highest BCUT2D eigenvalue weighted by atomic mass is 35.5. The molecule has 0 saturated carbocycles. The van der Waals surface area contributed by atoms with E-state index in [4.69, 9.17) is 16.4 Å². The van der Waals surface area contributed by atoms with Crippen LogP contribution in [0.2, 0.25) is 5.02 Å². The van der Waals surface area contributed by atoms with Crippen LogP contribution in [-0.4, -0.2) is 27.7 Å². The summed E-state index contributed by atoms with van der Waals surface area (Å²) < 4.78 is 38.3. The molecule has 1 heterocycles. The maximum Gasteiger partial charge on any atom is 0.416 e. The highest BCUT2D eigenvalue weighted by Crippen LogP contribution is 2.30. The van der Waals surface area contributed by atoms with Crippen molar-refractivity contribution in [2.24, 2.45) is 0 Å². The van der Waals surface area contributed by atoms with Crippen molar-refractivity contribution in [1.82, 2.24) is 15.2 Å². The molecule has 0 saturated heterocycles. The minimum absolute atomic E-state index is 0.000341. The highest BCUT2D eigenvalue weighted by molar-refractivity contribution is 6.33. The molecule has 0 aliphatic carbocycles. The van der Waals surface area contributed by atoms with Gasteiger partial charge in [0.1, 0.15) is 11.0 Å². The number of benzene rings is 2. The van der Waals surface area contributed by atoms with Gasteiger partial charge in [-0.1, -0.05) is 28.6 Å². The summed E-state index contributed by atoms with van der Waals surface area (Å²) >= 11 is 5.92. The van der Waals surface area contributed by atoms with Gasteiger partial charge >= 0.3 is 6.18 Å². The van der Waals surface area contributed by atoms with Crippen LogP contribution in [0.15, 0.2) is 42.5 Å². The fourth-order valence-electron chi connectivity index (χ4n) is 2.04. The molecule has 6 nitrogen and oxygen atoms in total. The molecular formula is C15H10ClF3N4O2. The number of carbonyl (C=O) groups is 1. The van der Waals surface area contributed by atoms with E-state index in [1.165, 1.54) is 6.07 Å². The summed E-state index contributed by atoms with van der Waals surface area (Å²) in [6, 6.07) is 9.50. The summed E-state index contributed by atoms with van der Waals surface area (Å²) in [7, 11) is 0. The molecule has 25 heavy (non-hydrogen) atoms. The molecule has 0 unspecified atom stereocenters. The summed E-state index contributed by atoms with van der Waals surface area (Å²) in [5.41, 5.74) is -0.270. The lowest BCUT2D eigenvalue weighted by Crippen LogP contribution is -2.26. The molecule has 3 aromatic rings. The largest absolute Gasteiger partial charge is 0.416 e. The number of anilines is 1. The van der Waals surface area contributed by atoms with Gasteiger partial charge in [-0.2, -0.15) is 13.2 Å². The fourth-order valence-corrected chi connectivity index (χ4v) is 2.22. The lowest BCUT2D eigenvalue weighted by atomic mass is 10.2. The number of fused-ring (bicyclic) bond motifs is 1. The Morgan fingerprint density at radius 1 is 1.24 bits per heavy atom. The lowest BCUT2D eigenvalue weighted by Gasteiger charge is -2.09. The van der Waals surface area contributed by atoms with E-state index in [0.717, 1.165) is 17.0 Å². The van der Waals surface area contributed by atoms with Crippen molar-refractivity contribution in [3.05, 3.63) is 53.1 Å². The number of amides is 1. The Kier molecular flexibility index (Phi) is 4.49. The van der Waals surface area contributed by atoms with Gasteiger partial charge < -0.3 is 10.2 Å². The number of nitrogens with one attached hydrogen (secondary N) is 1. The first-order valence-corrected chi connectivity index (χ1v) is 7.33. The molecule has 130 valence electrons. The van der Waals surface area contributed by atoms with Crippen LogP contribution in [0.1, 0.15) is 5.56 Å². The van der Waals surface area contributed by atoms with Gasteiger partial charge in [0.2, 0.25) is 0 Å². The number of halogens is 4. The minimum Gasteiger partial charge on any atom is -0.385 e. The van der Waals surface area contributed by atoms with Crippen molar-refractivity contribution in [1.29, 1.82) is 0 Å². The molecule has 0 radical (unpaired) electrons. The molecule has 10 heteroatoms. The Morgan fingerprint density at radius 2 is 2.00 bits per heavy atom. The van der Waals surface area contributed by atoms with E-state index in [9.17, 15) is 18.0 Å². The molecule has 3 rings (SSSR count). The maximum absolute atomic E-state index is 12.8. The predicted molar refractivity (Wildman–Crippen MR) is 84.1 cm³/mol. The number of carbonyl (C=O) groups excluding carboxylic acids is 1. The lowest BCUT2D eigenvalue weighted by molar-refractivity contribution is -0.137. The van der Waals surface area contributed by atoms with Crippen molar-refractivity contribution in [3.63, 3.8) is 0 Å². The number of nitrogens with zero attached hydrogens (tertiary/aromatic N) is 3. The summed E-state index contributed by atoms with van der Waals surface area (Å²) in [6.45, 7) is -0.486. The number of aromatic nitrogens is 3. The number of hydrogen-bond acceptors (Lipinski definition) is 4. The molecule has 0 aliphatic rings. The van der Waals surface area contributed by atoms with Crippen LogP contribution in [-0.2, 0) is 11.0 Å². The van der Waals surface area contributed by atoms with Gasteiger partial charge in [0.25, 0.3) is 5.91 Å². The topological polar surface area (TPSA) is 69.0 Å². The van der Waals surface area contributed by atoms with Crippen molar-refractivity contribution in [3.8, 4) is 0 Å². The van der Waals surface area contributed by atoms with Crippen molar-refractivity contribution in [2.75, 3.05) is 11.9 Å². The van der Waals surface area contributed by atoms with Gasteiger partial charge in [-0.15, -0.1) is 5.10 Å². The Balaban J connectivity index is 1.73. The van der Waals surface area contributed by atoms with Gasteiger partial charge in [-0.3, -0.25) is 4.79 Å². The fraction of sp³-hybridized carbons (Fsp3) is 0.133. The second-order valence-corrected chi connectivity index (χ2v) is 5.37. The third-order valence-corrected chi connectivity index (χ3v) is 3.54. The van der Waals surface area contributed by atoms with Gasteiger partial charge in [0, 0.05) is 0 Å². The van der Waals surface area contributed by atoms with E-state index in [1.54, 1.807) is 24.3 Å². The minimum atomic E-state index is -4.51. The molecule has 1 amide bonds. The molecule has 1 aromatic heterocycles. The van der Waals surface area contributed by atoms with Crippen LogP contribution in [0, 0.1) is 0 Å². The first kappa shape index (κ1) is 17.0. The molecule has 0 fully saturated rings. The molecule has 2 aromatic carbocycles. The molecule has 0 atom stereocenters. The summed E-state index contributed by atoms with van der Waals surface area (Å²) in [5, 5.41) is 10.1. The van der Waals surface area contributed by atoms with Gasteiger partial charge in [-0.05, 0) is 35.5 Å². The maximum atomic E-state index is 12.8. The van der Waals surface area contributed by atoms with Gasteiger partial charge in [-0.25, -0.2) is 0 Å². The van der Waals surface area contributed by atoms with Crippen molar-refractivity contribution >= 4 is 34.2 Å². The highest BCUT2D eigenvalue weighted by Gasteiger charge is 2.31. The Labute approximate surface area is 144 Å². The number of para-hydroxylation sites is 1. The number of alkyl halides is 3. The molecule has 0 spiro atoms. The molecule has 0 bridgehead atoms. The molecular weight excluding hydrogens is 361 g/mol. The van der Waals surface area contributed by atoms with Crippen molar-refractivity contribution in [2.45, 2.75) is 6.18 Å². The SMILES string of the molecule is O=C(COn1nnc2ccc(C(F)(F)F)cc21)Nc1ccccc1Cl. The van der Waals surface area contributed by atoms with Crippen LogP contribution < -0.4 is 10.2 Å². The van der Waals surface area contributed by atoms with Crippen LogP contribution in [0.3, 0.4) is 0 Å². The van der Waals surface area contributed by atoms with E-state index in [2.05, 4.69) is 15.6 Å². The zero-order valence-corrected chi connectivity index (χ0v) is 13.2. The quantitative estimate of drug-likeness (QED) is 0.766. The van der Waals surface area contributed by atoms with E-state index in [0.29, 0.717) is 10.7 Å². The average Bonchev–Trinajstić information content (AvgIpc) is 2.96. The third kappa shape index (κ3) is 3.82. The van der Waals surface area contributed by atoms with E-state index >= 15 is 0 Å². The second-order valence-electron chi connectivity index (χ2n) is 4.97. The van der Waals surface area contributed by atoms with Crippen LogP contribution in [0.25, 0.3) is 11.0 Å². The van der Waals surface area contributed by atoms with Crippen LogP contribution in [0.5, 0.6) is 0 Å². The van der Waals surface area contributed by atoms with E-state index in [1.807, 2.05) is 0 Å². The summed E-state index contributed by atoms with van der Waals surface area (Å²) in [6.07, 6.45) is -4.51. The second kappa shape index (κ2) is 6.60. The zero-order valence-electron chi connectivity index (χ0n) is 12.4. The first-order chi connectivity index (χ1) is 11.8. The number of hydrogen-bond donors (Lipinski definition) is 1. The smallest absolute Gasteiger partial charge is 0.385 e. The van der Waals surface area contributed by atoms with E-state index in [-0.39, 0.29) is 11.0 Å². The normalized spacial score (nSPS) is 11.5.